The summed E-state index contributed by atoms with van der Waals surface area (Å²) in [5.41, 5.74) is 2.61. The molecule has 0 radical (unpaired) electrons. The van der Waals surface area contributed by atoms with Gasteiger partial charge in [-0.15, -0.1) is 0 Å². The molecule has 1 unspecified atom stereocenters. The molecule has 2 saturated heterocycles. The quantitative estimate of drug-likeness (QED) is 0.851. The Hall–Kier alpha value is -1.68. The number of hydrogen-bond acceptors (Lipinski definition) is 3. The minimum absolute atomic E-state index is 0.0636. The third-order valence-electron chi connectivity index (χ3n) is 5.32. The van der Waals surface area contributed by atoms with Crippen LogP contribution in [0.2, 0.25) is 0 Å². The fourth-order valence-corrected chi connectivity index (χ4v) is 3.73. The van der Waals surface area contributed by atoms with E-state index in [1.54, 1.807) is 0 Å². The lowest BCUT2D eigenvalue weighted by atomic mass is 9.87. The third kappa shape index (κ3) is 5.40. The molecule has 138 valence electrons. The number of piperidine rings is 2. The fourth-order valence-electron chi connectivity index (χ4n) is 3.73. The monoisotopic (exact) mass is 344 g/mol. The number of imide groups is 1. The molecule has 2 amide bonds. The maximum absolute atomic E-state index is 11.8. The van der Waals surface area contributed by atoms with Crippen LogP contribution in [-0.4, -0.2) is 36.3 Å². The van der Waals surface area contributed by atoms with Gasteiger partial charge in [0.25, 0.3) is 0 Å². The molecule has 1 N–H and O–H groups in total. The van der Waals surface area contributed by atoms with Gasteiger partial charge in [-0.05, 0) is 62.4 Å². The van der Waals surface area contributed by atoms with Crippen LogP contribution >= 0.6 is 0 Å². The van der Waals surface area contributed by atoms with Crippen LogP contribution in [0.3, 0.4) is 0 Å². The van der Waals surface area contributed by atoms with Gasteiger partial charge in [-0.1, -0.05) is 45.0 Å². The van der Waals surface area contributed by atoms with Crippen molar-refractivity contribution in [2.45, 2.75) is 58.8 Å². The smallest absolute Gasteiger partial charge is 0.230 e. The molecule has 1 aromatic carbocycles. The summed E-state index contributed by atoms with van der Waals surface area (Å²) in [6, 6.07) is 8.78. The molecule has 2 aliphatic heterocycles. The van der Waals surface area contributed by atoms with E-state index in [1.807, 2.05) is 13.8 Å². The van der Waals surface area contributed by atoms with Crippen molar-refractivity contribution >= 4 is 11.8 Å². The van der Waals surface area contributed by atoms with Crippen LogP contribution in [0.1, 0.15) is 63.5 Å². The number of nitrogens with zero attached hydrogens (tertiary/aromatic N) is 1. The molecular formula is C21H32N2O2. The molecule has 0 saturated carbocycles. The highest BCUT2D eigenvalue weighted by atomic mass is 16.2. The van der Waals surface area contributed by atoms with E-state index >= 15 is 0 Å². The highest BCUT2D eigenvalue weighted by Crippen LogP contribution is 2.28. The van der Waals surface area contributed by atoms with E-state index in [1.165, 1.54) is 37.1 Å². The second-order valence-corrected chi connectivity index (χ2v) is 6.80. The number of benzene rings is 1. The zero-order valence-corrected chi connectivity index (χ0v) is 15.9. The summed E-state index contributed by atoms with van der Waals surface area (Å²) in [6.45, 7) is 9.76. The highest BCUT2D eigenvalue weighted by molar-refractivity contribution is 5.98. The second kappa shape index (κ2) is 9.71. The van der Waals surface area contributed by atoms with E-state index in [4.69, 9.17) is 0 Å². The molecule has 3 rings (SSSR count). The van der Waals surface area contributed by atoms with Crippen LogP contribution in [0.5, 0.6) is 0 Å². The van der Waals surface area contributed by atoms with E-state index < -0.39 is 0 Å². The summed E-state index contributed by atoms with van der Waals surface area (Å²) in [4.78, 5) is 25.6. The molecule has 0 aromatic heterocycles. The third-order valence-corrected chi connectivity index (χ3v) is 5.32. The van der Waals surface area contributed by atoms with Gasteiger partial charge in [0.15, 0.2) is 0 Å². The molecule has 1 aromatic rings. The maximum atomic E-state index is 11.8. The Balaban J connectivity index is 0.00000109. The van der Waals surface area contributed by atoms with Crippen molar-refractivity contribution < 1.29 is 9.59 Å². The van der Waals surface area contributed by atoms with Gasteiger partial charge in [-0.3, -0.25) is 14.9 Å². The molecule has 2 heterocycles. The minimum Gasteiger partial charge on any atom is -0.304 e. The Morgan fingerprint density at radius 1 is 1.04 bits per heavy atom. The van der Waals surface area contributed by atoms with Gasteiger partial charge in [-0.25, -0.2) is 0 Å². The summed E-state index contributed by atoms with van der Waals surface area (Å²) in [6.07, 6.45) is 4.33. The highest BCUT2D eigenvalue weighted by Gasteiger charge is 2.26. The predicted octanol–water partition coefficient (Wildman–Crippen LogP) is 3.51. The molecule has 1 atom stereocenters. The molecule has 2 aliphatic rings. The van der Waals surface area contributed by atoms with Crippen molar-refractivity contribution in [1.82, 2.24) is 10.2 Å². The Labute approximate surface area is 152 Å². The zero-order valence-electron chi connectivity index (χ0n) is 15.9. The number of amides is 2. The number of carbonyl (C=O) groups is 2. The van der Waals surface area contributed by atoms with Crippen LogP contribution in [0.25, 0.3) is 0 Å². The Kier molecular flexibility index (Phi) is 7.63. The molecule has 4 heteroatoms. The first-order valence-corrected chi connectivity index (χ1v) is 9.80. The predicted molar refractivity (Wildman–Crippen MR) is 101 cm³/mol. The molecule has 0 spiro atoms. The molecule has 25 heavy (non-hydrogen) atoms. The first-order valence-electron chi connectivity index (χ1n) is 9.80. The standard InChI is InChI=1S/C19H26N2O2.C2H6/c1-2-21-11-9-16(10-12-21)15-5-3-14(4-6-15)13-17-7-8-18(22)20-19(17)23;1-2/h3-6,16-17H,2,7-13H2,1H3,(H,20,22,23);1-2H3. The normalized spacial score (nSPS) is 22.1. The van der Waals surface area contributed by atoms with E-state index in [0.29, 0.717) is 18.8 Å². The first-order chi connectivity index (χ1) is 12.2. The molecule has 0 bridgehead atoms. The van der Waals surface area contributed by atoms with Crippen molar-refractivity contribution in [1.29, 1.82) is 0 Å². The molecule has 4 nitrogen and oxygen atoms in total. The van der Waals surface area contributed by atoms with Gasteiger partial charge in [0, 0.05) is 12.3 Å². The summed E-state index contributed by atoms with van der Waals surface area (Å²) in [5, 5.41) is 2.44. The van der Waals surface area contributed by atoms with Crippen LogP contribution in [0, 0.1) is 5.92 Å². The van der Waals surface area contributed by atoms with Crippen LogP contribution in [0.15, 0.2) is 24.3 Å². The van der Waals surface area contributed by atoms with Gasteiger partial charge in [-0.2, -0.15) is 0 Å². The van der Waals surface area contributed by atoms with E-state index in [2.05, 4.69) is 41.4 Å². The average Bonchev–Trinajstić information content (AvgIpc) is 2.66. The number of rotatable bonds is 4. The lowest BCUT2D eigenvalue weighted by Gasteiger charge is -2.31. The zero-order chi connectivity index (χ0) is 18.2. The first kappa shape index (κ1) is 19.6. The van der Waals surface area contributed by atoms with Gasteiger partial charge in [0.2, 0.25) is 11.8 Å². The molecule has 2 fully saturated rings. The average molecular weight is 344 g/mol. The van der Waals surface area contributed by atoms with E-state index in [-0.39, 0.29) is 17.7 Å². The summed E-state index contributed by atoms with van der Waals surface area (Å²) in [5.74, 6) is 0.353. The maximum Gasteiger partial charge on any atom is 0.230 e. The van der Waals surface area contributed by atoms with Gasteiger partial charge in [0.05, 0.1) is 0 Å². The van der Waals surface area contributed by atoms with Gasteiger partial charge < -0.3 is 4.90 Å². The summed E-state index contributed by atoms with van der Waals surface area (Å²) < 4.78 is 0. The largest absolute Gasteiger partial charge is 0.304 e. The Morgan fingerprint density at radius 2 is 1.68 bits per heavy atom. The fraction of sp³-hybridized carbons (Fsp3) is 0.619. The van der Waals surface area contributed by atoms with Crippen molar-refractivity contribution in [3.8, 4) is 0 Å². The summed E-state index contributed by atoms with van der Waals surface area (Å²) >= 11 is 0. The van der Waals surface area contributed by atoms with Crippen molar-refractivity contribution in [2.75, 3.05) is 19.6 Å². The van der Waals surface area contributed by atoms with Crippen molar-refractivity contribution in [3.63, 3.8) is 0 Å². The Morgan fingerprint density at radius 3 is 2.24 bits per heavy atom. The minimum atomic E-state index is -0.139. The van der Waals surface area contributed by atoms with E-state index in [0.717, 1.165) is 13.0 Å². The van der Waals surface area contributed by atoms with Crippen molar-refractivity contribution in [3.05, 3.63) is 35.4 Å². The van der Waals surface area contributed by atoms with Crippen LogP contribution in [0.4, 0.5) is 0 Å². The second-order valence-electron chi connectivity index (χ2n) is 6.80. The van der Waals surface area contributed by atoms with Crippen LogP contribution < -0.4 is 5.32 Å². The topological polar surface area (TPSA) is 49.4 Å². The Bertz CT molecular complexity index is 560. The number of nitrogens with one attached hydrogen (secondary N) is 1. The summed E-state index contributed by atoms with van der Waals surface area (Å²) in [7, 11) is 0. The van der Waals surface area contributed by atoms with Gasteiger partial charge in [0.1, 0.15) is 0 Å². The van der Waals surface area contributed by atoms with Crippen molar-refractivity contribution in [2.24, 2.45) is 5.92 Å². The lowest BCUT2D eigenvalue weighted by Crippen LogP contribution is -2.41. The van der Waals surface area contributed by atoms with Gasteiger partial charge >= 0.3 is 0 Å². The van der Waals surface area contributed by atoms with Crippen LogP contribution in [-0.2, 0) is 16.0 Å². The number of likely N-dealkylation sites (tertiary alicyclic amines) is 1. The number of carbonyl (C=O) groups excluding carboxylic acids is 2. The molecular weight excluding hydrogens is 312 g/mol. The van der Waals surface area contributed by atoms with E-state index in [9.17, 15) is 9.59 Å². The lowest BCUT2D eigenvalue weighted by molar-refractivity contribution is -0.136. The molecule has 0 aliphatic carbocycles. The number of hydrogen-bond donors (Lipinski definition) is 1. The SMILES string of the molecule is CC.CCN1CCC(c2ccc(CC3CCC(=O)NC3=O)cc2)CC1.